The summed E-state index contributed by atoms with van der Waals surface area (Å²) in [6, 6.07) is 13.3. The fourth-order valence-electron chi connectivity index (χ4n) is 2.58. The number of ether oxygens (including phenoxy) is 3. The number of carboxylic acid groups (broad SMARTS) is 1. The third-order valence-electron chi connectivity index (χ3n) is 3.83. The molecule has 0 spiro atoms. The molecule has 0 saturated carbocycles. The Kier molecular flexibility index (Phi) is 7.74. The van der Waals surface area contributed by atoms with E-state index in [1.54, 1.807) is 18.2 Å². The second-order valence-corrected chi connectivity index (χ2v) is 6.20. The summed E-state index contributed by atoms with van der Waals surface area (Å²) in [6.45, 7) is 7.42. The lowest BCUT2D eigenvalue weighted by Crippen LogP contribution is -2.11. The molecule has 0 heterocycles. The summed E-state index contributed by atoms with van der Waals surface area (Å²) in [5, 5.41) is 8.74. The standard InChI is InChI=1S/C22H26O5/c1-4-25-21-15-17(10-12-22(23)24)9-11-20(21)27-14-13-26-19-8-6-5-7-18(19)16(2)3/h5-12,15-16H,4,13-14H2,1-3H3,(H,23,24). The second-order valence-electron chi connectivity index (χ2n) is 6.20. The molecule has 0 bridgehead atoms. The normalized spacial score (nSPS) is 11.0. The molecule has 0 radical (unpaired) electrons. The van der Waals surface area contributed by atoms with E-state index in [0.717, 1.165) is 17.4 Å². The number of rotatable bonds is 10. The summed E-state index contributed by atoms with van der Waals surface area (Å²) in [5.74, 6) is 1.44. The number of hydrogen-bond acceptors (Lipinski definition) is 4. The Morgan fingerprint density at radius 3 is 2.37 bits per heavy atom. The van der Waals surface area contributed by atoms with Crippen molar-refractivity contribution in [3.05, 3.63) is 59.7 Å². The molecule has 0 saturated heterocycles. The van der Waals surface area contributed by atoms with Gasteiger partial charge in [0, 0.05) is 6.08 Å². The third kappa shape index (κ3) is 6.37. The highest BCUT2D eigenvalue weighted by molar-refractivity contribution is 5.85. The van der Waals surface area contributed by atoms with Gasteiger partial charge in [-0.05, 0) is 48.2 Å². The number of benzene rings is 2. The Morgan fingerprint density at radius 1 is 1.00 bits per heavy atom. The van der Waals surface area contributed by atoms with Crippen LogP contribution >= 0.6 is 0 Å². The van der Waals surface area contributed by atoms with Gasteiger partial charge < -0.3 is 19.3 Å². The van der Waals surface area contributed by atoms with Crippen molar-refractivity contribution in [1.82, 2.24) is 0 Å². The molecule has 0 aliphatic heterocycles. The molecular weight excluding hydrogens is 344 g/mol. The average Bonchev–Trinajstić information content (AvgIpc) is 2.65. The molecule has 0 fully saturated rings. The van der Waals surface area contributed by atoms with E-state index in [0.29, 0.717) is 37.2 Å². The Labute approximate surface area is 160 Å². The minimum Gasteiger partial charge on any atom is -0.490 e. The highest BCUT2D eigenvalue weighted by atomic mass is 16.5. The first-order valence-electron chi connectivity index (χ1n) is 9.03. The van der Waals surface area contributed by atoms with Gasteiger partial charge in [0.1, 0.15) is 19.0 Å². The maximum Gasteiger partial charge on any atom is 0.328 e. The van der Waals surface area contributed by atoms with Gasteiger partial charge >= 0.3 is 5.97 Å². The Hall–Kier alpha value is -2.95. The topological polar surface area (TPSA) is 65.0 Å². The molecular formula is C22H26O5. The smallest absolute Gasteiger partial charge is 0.328 e. The van der Waals surface area contributed by atoms with E-state index in [4.69, 9.17) is 19.3 Å². The highest BCUT2D eigenvalue weighted by Gasteiger charge is 2.08. The van der Waals surface area contributed by atoms with Crippen LogP contribution in [0.2, 0.25) is 0 Å². The molecule has 2 rings (SSSR count). The lowest BCUT2D eigenvalue weighted by molar-refractivity contribution is -0.131. The Balaban J connectivity index is 1.98. The van der Waals surface area contributed by atoms with E-state index >= 15 is 0 Å². The average molecular weight is 370 g/mol. The summed E-state index contributed by atoms with van der Waals surface area (Å²) in [6.07, 6.45) is 2.60. The van der Waals surface area contributed by atoms with Crippen molar-refractivity contribution in [2.75, 3.05) is 19.8 Å². The van der Waals surface area contributed by atoms with Gasteiger partial charge in [0.25, 0.3) is 0 Å². The summed E-state index contributed by atoms with van der Waals surface area (Å²) < 4.78 is 17.3. The van der Waals surface area contributed by atoms with Crippen molar-refractivity contribution >= 4 is 12.0 Å². The third-order valence-corrected chi connectivity index (χ3v) is 3.83. The summed E-state index contributed by atoms with van der Waals surface area (Å²) >= 11 is 0. The zero-order chi connectivity index (χ0) is 19.6. The van der Waals surface area contributed by atoms with Crippen LogP contribution in [0.15, 0.2) is 48.5 Å². The predicted molar refractivity (Wildman–Crippen MR) is 106 cm³/mol. The molecule has 2 aromatic rings. The zero-order valence-electron chi connectivity index (χ0n) is 16.0. The van der Waals surface area contributed by atoms with E-state index in [-0.39, 0.29) is 0 Å². The fourth-order valence-corrected chi connectivity index (χ4v) is 2.58. The van der Waals surface area contributed by atoms with Crippen LogP contribution in [0.4, 0.5) is 0 Å². The largest absolute Gasteiger partial charge is 0.490 e. The van der Waals surface area contributed by atoms with Crippen molar-refractivity contribution in [3.63, 3.8) is 0 Å². The SMILES string of the molecule is CCOc1cc(C=CC(=O)O)ccc1OCCOc1ccccc1C(C)C. The van der Waals surface area contributed by atoms with Crippen LogP contribution in [0.1, 0.15) is 37.8 Å². The van der Waals surface area contributed by atoms with Crippen molar-refractivity contribution in [2.45, 2.75) is 26.7 Å². The fraction of sp³-hybridized carbons (Fsp3) is 0.318. The van der Waals surface area contributed by atoms with Crippen LogP contribution in [0.25, 0.3) is 6.08 Å². The first-order chi connectivity index (χ1) is 13.0. The van der Waals surface area contributed by atoms with Gasteiger partial charge in [-0.1, -0.05) is 38.1 Å². The monoisotopic (exact) mass is 370 g/mol. The molecule has 0 atom stereocenters. The molecule has 0 aliphatic carbocycles. The number of carboxylic acids is 1. The van der Waals surface area contributed by atoms with Crippen LogP contribution in [0, 0.1) is 0 Å². The summed E-state index contributed by atoms with van der Waals surface area (Å²) in [4.78, 5) is 10.7. The summed E-state index contributed by atoms with van der Waals surface area (Å²) in [7, 11) is 0. The molecule has 0 aliphatic rings. The highest BCUT2D eigenvalue weighted by Crippen LogP contribution is 2.29. The van der Waals surface area contributed by atoms with Crippen LogP contribution in [-0.2, 0) is 4.79 Å². The number of para-hydroxylation sites is 1. The van der Waals surface area contributed by atoms with Gasteiger partial charge in [-0.25, -0.2) is 4.79 Å². The van der Waals surface area contributed by atoms with Crippen molar-refractivity contribution < 1.29 is 24.1 Å². The quantitative estimate of drug-likeness (QED) is 0.482. The minimum absolute atomic E-state index is 0.372. The van der Waals surface area contributed by atoms with Gasteiger partial charge in [-0.3, -0.25) is 0 Å². The van der Waals surface area contributed by atoms with Gasteiger partial charge in [0.2, 0.25) is 0 Å². The van der Waals surface area contributed by atoms with E-state index in [9.17, 15) is 4.79 Å². The van der Waals surface area contributed by atoms with E-state index < -0.39 is 5.97 Å². The molecule has 0 amide bonds. The first-order valence-corrected chi connectivity index (χ1v) is 9.03. The van der Waals surface area contributed by atoms with Gasteiger partial charge in [-0.15, -0.1) is 0 Å². The molecule has 5 nitrogen and oxygen atoms in total. The minimum atomic E-state index is -0.993. The van der Waals surface area contributed by atoms with Gasteiger partial charge in [0.05, 0.1) is 6.61 Å². The molecule has 27 heavy (non-hydrogen) atoms. The van der Waals surface area contributed by atoms with Gasteiger partial charge in [-0.2, -0.15) is 0 Å². The molecule has 1 N–H and O–H groups in total. The Morgan fingerprint density at radius 2 is 1.70 bits per heavy atom. The van der Waals surface area contributed by atoms with Gasteiger partial charge in [0.15, 0.2) is 11.5 Å². The van der Waals surface area contributed by atoms with E-state index in [1.807, 2.05) is 25.1 Å². The van der Waals surface area contributed by atoms with E-state index in [2.05, 4.69) is 19.9 Å². The molecule has 5 heteroatoms. The van der Waals surface area contributed by atoms with Crippen LogP contribution < -0.4 is 14.2 Å². The first kappa shape index (κ1) is 20.4. The lowest BCUT2D eigenvalue weighted by atomic mass is 10.0. The number of hydrogen-bond donors (Lipinski definition) is 1. The zero-order valence-corrected chi connectivity index (χ0v) is 16.0. The maximum atomic E-state index is 10.7. The van der Waals surface area contributed by atoms with Crippen LogP contribution in [0.5, 0.6) is 17.2 Å². The van der Waals surface area contributed by atoms with Crippen LogP contribution in [-0.4, -0.2) is 30.9 Å². The maximum absolute atomic E-state index is 10.7. The van der Waals surface area contributed by atoms with Crippen molar-refractivity contribution in [1.29, 1.82) is 0 Å². The second kappa shape index (κ2) is 10.3. The van der Waals surface area contributed by atoms with E-state index in [1.165, 1.54) is 11.6 Å². The lowest BCUT2D eigenvalue weighted by Gasteiger charge is -2.15. The molecule has 0 aromatic heterocycles. The summed E-state index contributed by atoms with van der Waals surface area (Å²) in [5.41, 5.74) is 1.90. The number of carbonyl (C=O) groups is 1. The number of aliphatic carboxylic acids is 1. The molecule has 144 valence electrons. The molecule has 2 aromatic carbocycles. The Bertz CT molecular complexity index is 780. The van der Waals surface area contributed by atoms with Crippen molar-refractivity contribution in [2.24, 2.45) is 0 Å². The molecule has 0 unspecified atom stereocenters. The predicted octanol–water partition coefficient (Wildman–Crippen LogP) is 4.76. The van der Waals surface area contributed by atoms with Crippen LogP contribution in [0.3, 0.4) is 0 Å². The van der Waals surface area contributed by atoms with Crippen molar-refractivity contribution in [3.8, 4) is 17.2 Å².